The van der Waals surface area contributed by atoms with Gasteiger partial charge in [-0.25, -0.2) is 4.68 Å². The summed E-state index contributed by atoms with van der Waals surface area (Å²) < 4.78 is 11.9. The third-order valence-corrected chi connectivity index (χ3v) is 3.10. The van der Waals surface area contributed by atoms with Crippen LogP contribution in [0.15, 0.2) is 42.7 Å². The van der Waals surface area contributed by atoms with E-state index in [9.17, 15) is 4.79 Å². The number of para-hydroxylation sites is 1. The third kappa shape index (κ3) is 3.68. The number of rotatable bonds is 6. The number of benzene rings is 1. The summed E-state index contributed by atoms with van der Waals surface area (Å²) in [6, 6.07) is 9.33. The minimum absolute atomic E-state index is 0.219. The van der Waals surface area contributed by atoms with Crippen molar-refractivity contribution in [3.05, 3.63) is 48.3 Å². The second-order valence-electron chi connectivity index (χ2n) is 4.61. The highest BCUT2D eigenvalue weighted by Gasteiger charge is 2.19. The second-order valence-corrected chi connectivity index (χ2v) is 4.61. The van der Waals surface area contributed by atoms with Gasteiger partial charge in [-0.3, -0.25) is 4.79 Å². The second kappa shape index (κ2) is 7.01. The van der Waals surface area contributed by atoms with Crippen LogP contribution >= 0.6 is 0 Å². The van der Waals surface area contributed by atoms with Gasteiger partial charge in [0.2, 0.25) is 0 Å². The number of hydrogen-bond acceptors (Lipinski definition) is 4. The summed E-state index contributed by atoms with van der Waals surface area (Å²) in [5.74, 6) is -0.219. The number of methoxy groups -OCH3 is 2. The summed E-state index contributed by atoms with van der Waals surface area (Å²) in [5.41, 5.74) is 1.38. The Balaban J connectivity index is 2.06. The first-order valence-corrected chi connectivity index (χ1v) is 6.62. The molecule has 1 N–H and O–H groups in total. The van der Waals surface area contributed by atoms with Crippen molar-refractivity contribution in [3.63, 3.8) is 0 Å². The van der Waals surface area contributed by atoms with Crippen LogP contribution in [-0.2, 0) is 9.47 Å². The zero-order valence-corrected chi connectivity index (χ0v) is 12.3. The molecule has 0 aliphatic carbocycles. The average molecular weight is 289 g/mol. The van der Waals surface area contributed by atoms with E-state index in [1.54, 1.807) is 10.9 Å². The lowest BCUT2D eigenvalue weighted by Crippen LogP contribution is -2.42. The first-order valence-electron chi connectivity index (χ1n) is 6.62. The quantitative estimate of drug-likeness (QED) is 0.821. The fraction of sp³-hybridized carbons (Fsp3) is 0.333. The fourth-order valence-corrected chi connectivity index (χ4v) is 2.02. The minimum Gasteiger partial charge on any atom is -0.354 e. The van der Waals surface area contributed by atoms with Crippen molar-refractivity contribution in [2.75, 3.05) is 14.2 Å². The van der Waals surface area contributed by atoms with Crippen molar-refractivity contribution in [2.24, 2.45) is 0 Å². The predicted octanol–water partition coefficient (Wildman–Crippen LogP) is 1.61. The lowest BCUT2D eigenvalue weighted by Gasteiger charge is -2.21. The number of hydrogen-bond donors (Lipinski definition) is 1. The molecule has 112 valence electrons. The van der Waals surface area contributed by atoms with Gasteiger partial charge < -0.3 is 14.8 Å². The molecule has 0 saturated heterocycles. The first-order chi connectivity index (χ1) is 10.2. The molecule has 2 aromatic rings. The Hall–Kier alpha value is -2.18. The molecule has 2 rings (SSSR count). The van der Waals surface area contributed by atoms with Gasteiger partial charge in [-0.15, -0.1) is 0 Å². The molecule has 0 aliphatic heterocycles. The number of aromatic nitrogens is 2. The molecule has 21 heavy (non-hydrogen) atoms. The topological polar surface area (TPSA) is 65.4 Å². The summed E-state index contributed by atoms with van der Waals surface area (Å²) in [7, 11) is 3.06. The molecule has 6 nitrogen and oxygen atoms in total. The van der Waals surface area contributed by atoms with Crippen LogP contribution < -0.4 is 5.32 Å². The summed E-state index contributed by atoms with van der Waals surface area (Å²) in [4.78, 5) is 12.2. The first kappa shape index (κ1) is 15.2. The normalized spacial score (nSPS) is 12.4. The van der Waals surface area contributed by atoms with Gasteiger partial charge >= 0.3 is 0 Å². The van der Waals surface area contributed by atoms with Crippen LogP contribution in [0.5, 0.6) is 0 Å². The van der Waals surface area contributed by atoms with Crippen molar-refractivity contribution in [1.29, 1.82) is 0 Å². The Bertz CT molecular complexity index is 579. The molecule has 0 radical (unpaired) electrons. The van der Waals surface area contributed by atoms with Crippen molar-refractivity contribution >= 4 is 5.91 Å². The van der Waals surface area contributed by atoms with E-state index < -0.39 is 6.29 Å². The Kier molecular flexibility index (Phi) is 5.08. The van der Waals surface area contributed by atoms with E-state index in [1.165, 1.54) is 20.4 Å². The molecule has 1 aromatic heterocycles. The van der Waals surface area contributed by atoms with Crippen LogP contribution in [0.3, 0.4) is 0 Å². The summed E-state index contributed by atoms with van der Waals surface area (Å²) >= 11 is 0. The molecule has 1 unspecified atom stereocenters. The molecule has 0 spiro atoms. The van der Waals surface area contributed by atoms with E-state index in [0.29, 0.717) is 5.56 Å². The number of ether oxygens (including phenoxy) is 2. The number of amides is 1. The molecule has 0 fully saturated rings. The lowest BCUT2D eigenvalue weighted by atomic mass is 10.2. The van der Waals surface area contributed by atoms with Crippen molar-refractivity contribution in [1.82, 2.24) is 15.1 Å². The maximum Gasteiger partial charge on any atom is 0.254 e. The van der Waals surface area contributed by atoms with Crippen LogP contribution in [0, 0.1) is 0 Å². The Labute approximate surface area is 123 Å². The van der Waals surface area contributed by atoms with Gasteiger partial charge in [0, 0.05) is 20.4 Å². The van der Waals surface area contributed by atoms with Crippen molar-refractivity contribution in [2.45, 2.75) is 19.3 Å². The maximum atomic E-state index is 12.2. The molecule has 1 amide bonds. The highest BCUT2D eigenvalue weighted by molar-refractivity contribution is 5.94. The Morgan fingerprint density at radius 1 is 1.24 bits per heavy atom. The van der Waals surface area contributed by atoms with Gasteiger partial charge in [0.05, 0.1) is 23.5 Å². The largest absolute Gasteiger partial charge is 0.354 e. The van der Waals surface area contributed by atoms with Crippen molar-refractivity contribution < 1.29 is 14.3 Å². The van der Waals surface area contributed by atoms with E-state index >= 15 is 0 Å². The van der Waals surface area contributed by atoms with E-state index in [4.69, 9.17) is 9.47 Å². The Morgan fingerprint density at radius 2 is 1.90 bits per heavy atom. The van der Waals surface area contributed by atoms with Gasteiger partial charge in [0.25, 0.3) is 5.91 Å². The van der Waals surface area contributed by atoms with Crippen LogP contribution in [0.2, 0.25) is 0 Å². The molecule has 1 heterocycles. The Morgan fingerprint density at radius 3 is 2.52 bits per heavy atom. The van der Waals surface area contributed by atoms with Crippen LogP contribution in [0.25, 0.3) is 5.69 Å². The zero-order valence-electron chi connectivity index (χ0n) is 12.3. The van der Waals surface area contributed by atoms with Gasteiger partial charge in [-0.2, -0.15) is 5.10 Å². The van der Waals surface area contributed by atoms with Crippen LogP contribution in [-0.4, -0.2) is 42.2 Å². The number of nitrogens with one attached hydrogen (secondary N) is 1. The molecular weight excluding hydrogens is 270 g/mol. The van der Waals surface area contributed by atoms with Crippen LogP contribution in [0.1, 0.15) is 17.3 Å². The van der Waals surface area contributed by atoms with E-state index in [-0.39, 0.29) is 11.9 Å². The monoisotopic (exact) mass is 289 g/mol. The molecular formula is C15H19N3O3. The SMILES string of the molecule is COC(OC)C(C)NC(=O)c1cnn(-c2ccccc2)c1. The number of nitrogens with zero attached hydrogens (tertiary/aromatic N) is 2. The smallest absolute Gasteiger partial charge is 0.254 e. The average Bonchev–Trinajstić information content (AvgIpc) is 2.99. The predicted molar refractivity (Wildman–Crippen MR) is 78.3 cm³/mol. The highest BCUT2D eigenvalue weighted by atomic mass is 16.7. The zero-order chi connectivity index (χ0) is 15.2. The lowest BCUT2D eigenvalue weighted by molar-refractivity contribution is -0.117. The molecule has 0 bridgehead atoms. The summed E-state index contributed by atoms with van der Waals surface area (Å²) in [5, 5.41) is 7.01. The number of carbonyl (C=O) groups is 1. The summed E-state index contributed by atoms with van der Waals surface area (Å²) in [6.45, 7) is 1.82. The highest BCUT2D eigenvalue weighted by Crippen LogP contribution is 2.08. The standard InChI is InChI=1S/C15H19N3O3/c1-11(15(20-2)21-3)17-14(19)12-9-16-18(10-12)13-7-5-4-6-8-13/h4-11,15H,1-3H3,(H,17,19). The molecule has 1 atom stereocenters. The van der Waals surface area contributed by atoms with E-state index in [2.05, 4.69) is 10.4 Å². The van der Waals surface area contributed by atoms with Crippen molar-refractivity contribution in [3.8, 4) is 5.69 Å². The maximum absolute atomic E-state index is 12.2. The van der Waals surface area contributed by atoms with Gasteiger partial charge in [0.15, 0.2) is 6.29 Å². The minimum atomic E-state index is -0.488. The third-order valence-electron chi connectivity index (χ3n) is 3.10. The van der Waals surface area contributed by atoms with E-state index in [0.717, 1.165) is 5.69 Å². The number of carbonyl (C=O) groups excluding carboxylic acids is 1. The van der Waals surface area contributed by atoms with Gasteiger partial charge in [-0.05, 0) is 19.1 Å². The molecule has 0 saturated carbocycles. The summed E-state index contributed by atoms with van der Waals surface area (Å²) in [6.07, 6.45) is 2.73. The molecule has 6 heteroatoms. The fourth-order valence-electron chi connectivity index (χ4n) is 2.02. The van der Waals surface area contributed by atoms with Crippen LogP contribution in [0.4, 0.5) is 0 Å². The van der Waals surface area contributed by atoms with Gasteiger partial charge in [-0.1, -0.05) is 18.2 Å². The van der Waals surface area contributed by atoms with Gasteiger partial charge in [0.1, 0.15) is 0 Å². The molecule has 1 aromatic carbocycles. The molecule has 0 aliphatic rings. The van der Waals surface area contributed by atoms with E-state index in [1.807, 2.05) is 37.3 Å².